The SMILES string of the molecule is COC(=O)C(C)c1ccc(C2CCN(C(=O)OC(C)(C)C)CC2)cc1. The zero-order chi connectivity index (χ0) is 18.6. The predicted molar refractivity (Wildman–Crippen MR) is 96.7 cm³/mol. The van der Waals surface area contributed by atoms with Gasteiger partial charge in [0.1, 0.15) is 5.60 Å². The fourth-order valence-corrected chi connectivity index (χ4v) is 3.09. The van der Waals surface area contributed by atoms with Crippen LogP contribution in [0, 0.1) is 0 Å². The molecular formula is C20H29NO4. The first kappa shape index (κ1) is 19.3. The zero-order valence-electron chi connectivity index (χ0n) is 15.9. The molecule has 1 unspecified atom stereocenters. The van der Waals surface area contributed by atoms with Gasteiger partial charge in [0, 0.05) is 13.1 Å². The Bertz CT molecular complexity index is 595. The third-order valence-corrected chi connectivity index (χ3v) is 4.61. The molecule has 1 atom stereocenters. The van der Waals surface area contributed by atoms with Crippen molar-refractivity contribution in [3.63, 3.8) is 0 Å². The summed E-state index contributed by atoms with van der Waals surface area (Å²) in [6.45, 7) is 8.91. The Hall–Kier alpha value is -2.04. The highest BCUT2D eigenvalue weighted by atomic mass is 16.6. The predicted octanol–water partition coefficient (Wildman–Crippen LogP) is 4.08. The minimum absolute atomic E-state index is 0.224. The zero-order valence-corrected chi connectivity index (χ0v) is 15.9. The molecule has 1 aliphatic rings. The lowest BCUT2D eigenvalue weighted by Gasteiger charge is -2.33. The molecule has 0 radical (unpaired) electrons. The van der Waals surface area contributed by atoms with E-state index in [-0.39, 0.29) is 18.0 Å². The Morgan fingerprint density at radius 1 is 1.12 bits per heavy atom. The lowest BCUT2D eigenvalue weighted by atomic mass is 9.88. The molecule has 5 heteroatoms. The van der Waals surface area contributed by atoms with Crippen LogP contribution >= 0.6 is 0 Å². The normalized spacial score (nSPS) is 17.1. The highest BCUT2D eigenvalue weighted by molar-refractivity contribution is 5.77. The molecule has 0 N–H and O–H groups in total. The van der Waals surface area contributed by atoms with Crippen LogP contribution in [0.2, 0.25) is 0 Å². The van der Waals surface area contributed by atoms with Gasteiger partial charge in [-0.15, -0.1) is 0 Å². The van der Waals surface area contributed by atoms with Crippen molar-refractivity contribution in [3.8, 4) is 0 Å². The number of methoxy groups -OCH3 is 1. The quantitative estimate of drug-likeness (QED) is 0.773. The van der Waals surface area contributed by atoms with Gasteiger partial charge in [-0.2, -0.15) is 0 Å². The van der Waals surface area contributed by atoms with Crippen LogP contribution in [-0.2, 0) is 14.3 Å². The number of ether oxygens (including phenoxy) is 2. The van der Waals surface area contributed by atoms with E-state index in [1.54, 1.807) is 4.90 Å². The molecule has 0 aromatic heterocycles. The summed E-state index contributed by atoms with van der Waals surface area (Å²) in [5, 5.41) is 0. The summed E-state index contributed by atoms with van der Waals surface area (Å²) in [5.74, 6) is -0.0485. The summed E-state index contributed by atoms with van der Waals surface area (Å²) in [5.41, 5.74) is 1.76. The van der Waals surface area contributed by atoms with Gasteiger partial charge in [-0.25, -0.2) is 4.79 Å². The Morgan fingerprint density at radius 2 is 1.68 bits per heavy atom. The number of carbonyl (C=O) groups excluding carboxylic acids is 2. The fraction of sp³-hybridized carbons (Fsp3) is 0.600. The Morgan fingerprint density at radius 3 is 2.16 bits per heavy atom. The minimum Gasteiger partial charge on any atom is -0.469 e. The number of rotatable bonds is 3. The van der Waals surface area contributed by atoms with Crippen molar-refractivity contribution in [2.75, 3.05) is 20.2 Å². The van der Waals surface area contributed by atoms with Gasteiger partial charge in [0.25, 0.3) is 0 Å². The summed E-state index contributed by atoms with van der Waals surface area (Å²) in [6.07, 6.45) is 1.62. The second kappa shape index (κ2) is 7.89. The highest BCUT2D eigenvalue weighted by Gasteiger charge is 2.27. The minimum atomic E-state index is -0.458. The van der Waals surface area contributed by atoms with Crippen molar-refractivity contribution >= 4 is 12.1 Å². The van der Waals surface area contributed by atoms with Gasteiger partial charge < -0.3 is 14.4 Å². The molecular weight excluding hydrogens is 318 g/mol. The number of carbonyl (C=O) groups is 2. The molecule has 2 rings (SSSR count). The van der Waals surface area contributed by atoms with Gasteiger partial charge in [0.15, 0.2) is 0 Å². The second-order valence-corrected chi connectivity index (χ2v) is 7.65. The summed E-state index contributed by atoms with van der Waals surface area (Å²) in [7, 11) is 1.41. The number of amides is 1. The molecule has 1 fully saturated rings. The Labute approximate surface area is 150 Å². The highest BCUT2D eigenvalue weighted by Crippen LogP contribution is 2.30. The third-order valence-electron chi connectivity index (χ3n) is 4.61. The first-order valence-electron chi connectivity index (χ1n) is 8.87. The van der Waals surface area contributed by atoms with Crippen molar-refractivity contribution in [2.24, 2.45) is 0 Å². The van der Waals surface area contributed by atoms with Gasteiger partial charge in [-0.3, -0.25) is 4.79 Å². The molecule has 1 aromatic rings. The van der Waals surface area contributed by atoms with Crippen LogP contribution in [0.15, 0.2) is 24.3 Å². The van der Waals surface area contributed by atoms with E-state index in [0.29, 0.717) is 19.0 Å². The van der Waals surface area contributed by atoms with E-state index in [2.05, 4.69) is 12.1 Å². The monoisotopic (exact) mass is 347 g/mol. The first-order chi connectivity index (χ1) is 11.7. The topological polar surface area (TPSA) is 55.8 Å². The molecule has 0 saturated carbocycles. The number of likely N-dealkylation sites (tertiary alicyclic amines) is 1. The standard InChI is InChI=1S/C20H29NO4/c1-14(18(22)24-5)15-6-8-16(9-7-15)17-10-12-21(13-11-17)19(23)25-20(2,3)4/h6-9,14,17H,10-13H2,1-5H3. The van der Waals surface area contributed by atoms with Crippen molar-refractivity contribution in [1.29, 1.82) is 0 Å². The van der Waals surface area contributed by atoms with Crippen LogP contribution in [0.4, 0.5) is 4.79 Å². The van der Waals surface area contributed by atoms with Crippen LogP contribution in [0.25, 0.3) is 0 Å². The number of hydrogen-bond donors (Lipinski definition) is 0. The third kappa shape index (κ3) is 5.21. The molecule has 0 bridgehead atoms. The summed E-state index contributed by atoms with van der Waals surface area (Å²) < 4.78 is 10.2. The van der Waals surface area contributed by atoms with Gasteiger partial charge in [0.2, 0.25) is 0 Å². The van der Waals surface area contributed by atoms with Crippen molar-refractivity contribution in [2.45, 2.75) is 58.0 Å². The van der Waals surface area contributed by atoms with E-state index < -0.39 is 5.60 Å². The van der Waals surface area contributed by atoms with E-state index in [4.69, 9.17) is 9.47 Å². The number of hydrogen-bond acceptors (Lipinski definition) is 4. The number of benzene rings is 1. The maximum atomic E-state index is 12.1. The summed E-state index contributed by atoms with van der Waals surface area (Å²) in [6, 6.07) is 8.17. The van der Waals surface area contributed by atoms with Crippen LogP contribution in [0.5, 0.6) is 0 Å². The molecule has 1 saturated heterocycles. The van der Waals surface area contributed by atoms with E-state index in [0.717, 1.165) is 18.4 Å². The first-order valence-corrected chi connectivity index (χ1v) is 8.87. The van der Waals surface area contributed by atoms with Gasteiger partial charge in [-0.1, -0.05) is 24.3 Å². The number of esters is 1. The second-order valence-electron chi connectivity index (χ2n) is 7.65. The number of nitrogens with zero attached hydrogens (tertiary/aromatic N) is 1. The van der Waals surface area contributed by atoms with Crippen LogP contribution in [0.1, 0.15) is 63.5 Å². The van der Waals surface area contributed by atoms with E-state index in [1.807, 2.05) is 39.8 Å². The molecule has 0 spiro atoms. The smallest absolute Gasteiger partial charge is 0.410 e. The van der Waals surface area contributed by atoms with Crippen LogP contribution < -0.4 is 0 Å². The largest absolute Gasteiger partial charge is 0.469 e. The molecule has 1 amide bonds. The van der Waals surface area contributed by atoms with Crippen LogP contribution in [-0.4, -0.2) is 42.8 Å². The molecule has 138 valence electrons. The van der Waals surface area contributed by atoms with E-state index in [1.165, 1.54) is 12.7 Å². The summed E-state index contributed by atoms with van der Waals surface area (Å²) in [4.78, 5) is 25.5. The van der Waals surface area contributed by atoms with Crippen molar-refractivity contribution in [3.05, 3.63) is 35.4 Å². The molecule has 1 heterocycles. The van der Waals surface area contributed by atoms with Gasteiger partial charge in [-0.05, 0) is 57.6 Å². The average Bonchev–Trinajstić information content (AvgIpc) is 2.59. The fourth-order valence-electron chi connectivity index (χ4n) is 3.09. The van der Waals surface area contributed by atoms with Crippen molar-refractivity contribution in [1.82, 2.24) is 4.90 Å². The maximum Gasteiger partial charge on any atom is 0.410 e. The Balaban J connectivity index is 1.92. The van der Waals surface area contributed by atoms with E-state index in [9.17, 15) is 9.59 Å². The number of piperidine rings is 1. The van der Waals surface area contributed by atoms with Crippen molar-refractivity contribution < 1.29 is 19.1 Å². The average molecular weight is 347 g/mol. The lowest BCUT2D eigenvalue weighted by molar-refractivity contribution is -0.142. The van der Waals surface area contributed by atoms with Gasteiger partial charge in [0.05, 0.1) is 13.0 Å². The Kier molecular flexibility index (Phi) is 6.09. The molecule has 1 aliphatic heterocycles. The molecule has 5 nitrogen and oxygen atoms in total. The molecule has 0 aliphatic carbocycles. The maximum absolute atomic E-state index is 12.1. The van der Waals surface area contributed by atoms with Gasteiger partial charge >= 0.3 is 12.1 Å². The molecule has 1 aromatic carbocycles. The van der Waals surface area contributed by atoms with Crippen LogP contribution in [0.3, 0.4) is 0 Å². The summed E-state index contributed by atoms with van der Waals surface area (Å²) >= 11 is 0. The van der Waals surface area contributed by atoms with E-state index >= 15 is 0 Å². The lowest BCUT2D eigenvalue weighted by Crippen LogP contribution is -2.41. The molecule has 25 heavy (non-hydrogen) atoms.